The molecule has 0 aliphatic rings. The van der Waals surface area contributed by atoms with E-state index in [-0.39, 0.29) is 24.5 Å². The van der Waals surface area contributed by atoms with Gasteiger partial charge in [0.15, 0.2) is 0 Å². The molecule has 0 N–H and O–H groups in total. The van der Waals surface area contributed by atoms with Gasteiger partial charge in [-0.25, -0.2) is 23.6 Å². The van der Waals surface area contributed by atoms with Crippen molar-refractivity contribution in [1.82, 2.24) is 0 Å². The molecule has 0 aromatic heterocycles. The Morgan fingerprint density at radius 3 is 1.39 bits per heavy atom. The van der Waals surface area contributed by atoms with Crippen molar-refractivity contribution >= 4 is 36.0 Å². The van der Waals surface area contributed by atoms with Gasteiger partial charge in [0.2, 0.25) is 0 Å². The van der Waals surface area contributed by atoms with Crippen LogP contribution < -0.4 is 18.9 Å². The summed E-state index contributed by atoms with van der Waals surface area (Å²) in [5, 5.41) is 0. The summed E-state index contributed by atoms with van der Waals surface area (Å²) in [6, 6.07) is 10.5. The Kier molecular flexibility index (Phi) is 19.8. The number of benzene rings is 3. The van der Waals surface area contributed by atoms with Crippen LogP contribution in [0.5, 0.6) is 23.0 Å². The molecule has 0 unspecified atom stereocenters. The molecule has 17 heteroatoms. The van der Waals surface area contributed by atoms with Crippen LogP contribution >= 0.6 is 0 Å². The highest BCUT2D eigenvalue weighted by atomic mass is 19.4. The third kappa shape index (κ3) is 17.8. The molecule has 0 aliphatic heterocycles. The van der Waals surface area contributed by atoms with Crippen LogP contribution in [0.3, 0.4) is 0 Å². The average molecular weight is 865 g/mol. The van der Waals surface area contributed by atoms with E-state index in [2.05, 4.69) is 17.9 Å². The average Bonchev–Trinajstić information content (AvgIpc) is 3.21. The van der Waals surface area contributed by atoms with Gasteiger partial charge in [-0.3, -0.25) is 0 Å². The highest BCUT2D eigenvalue weighted by molar-refractivity contribution is 5.90. The Labute approximate surface area is 347 Å². The van der Waals surface area contributed by atoms with Gasteiger partial charge in [-0.2, -0.15) is 26.3 Å². The molecule has 0 heterocycles. The molecule has 0 radical (unpaired) electrons. The molecule has 0 aliphatic carbocycles. The number of ether oxygens (including phenoxy) is 6. The fourth-order valence-corrected chi connectivity index (χ4v) is 5.27. The predicted octanol–water partition coefficient (Wildman–Crippen LogP) is 10.4. The van der Waals surface area contributed by atoms with Gasteiger partial charge in [-0.15, -0.1) is 0 Å². The molecule has 0 fully saturated rings. The summed E-state index contributed by atoms with van der Waals surface area (Å²) in [4.78, 5) is 47.1. The molecule has 0 saturated carbocycles. The second-order valence-electron chi connectivity index (χ2n) is 12.8. The van der Waals surface area contributed by atoms with Crippen LogP contribution in [0.25, 0.3) is 12.2 Å². The first kappa shape index (κ1) is 49.0. The van der Waals surface area contributed by atoms with Gasteiger partial charge in [0.1, 0.15) is 39.9 Å². The van der Waals surface area contributed by atoms with E-state index < -0.39 is 64.7 Å². The summed E-state index contributed by atoms with van der Waals surface area (Å²) in [7, 11) is 0. The van der Waals surface area contributed by atoms with Gasteiger partial charge in [0.25, 0.3) is 0 Å². The van der Waals surface area contributed by atoms with Crippen molar-refractivity contribution in [3.05, 3.63) is 120 Å². The topological polar surface area (TPSA) is 124 Å². The molecule has 328 valence electrons. The highest BCUT2D eigenvalue weighted by Gasteiger charge is 2.48. The quantitative estimate of drug-likeness (QED) is 0.0283. The van der Waals surface area contributed by atoms with E-state index in [1.165, 1.54) is 24.3 Å². The van der Waals surface area contributed by atoms with Gasteiger partial charge in [-0.1, -0.05) is 25.3 Å². The third-order valence-electron chi connectivity index (χ3n) is 8.22. The molecule has 3 rings (SSSR count). The van der Waals surface area contributed by atoms with E-state index in [0.717, 1.165) is 62.5 Å². The molecule has 0 amide bonds. The van der Waals surface area contributed by atoms with Crippen LogP contribution in [0.1, 0.15) is 73.6 Å². The van der Waals surface area contributed by atoms with Gasteiger partial charge < -0.3 is 28.4 Å². The van der Waals surface area contributed by atoms with E-state index in [0.29, 0.717) is 68.1 Å². The zero-order chi connectivity index (χ0) is 44.8. The molecule has 61 heavy (non-hydrogen) atoms. The Morgan fingerprint density at radius 1 is 0.525 bits per heavy atom. The number of carbonyl (C=O) groups is 4. The van der Waals surface area contributed by atoms with Crippen molar-refractivity contribution in [2.24, 2.45) is 0 Å². The third-order valence-corrected chi connectivity index (χ3v) is 8.22. The number of rotatable bonds is 24. The fourth-order valence-electron chi connectivity index (χ4n) is 5.27. The largest absolute Gasteiger partial charge is 0.494 e. The zero-order valence-corrected chi connectivity index (χ0v) is 32.8. The van der Waals surface area contributed by atoms with Crippen molar-refractivity contribution in [2.75, 3.05) is 26.4 Å². The summed E-state index contributed by atoms with van der Waals surface area (Å²) >= 11 is 0. The normalized spacial score (nSPS) is 11.6. The lowest BCUT2D eigenvalue weighted by Gasteiger charge is -2.21. The maximum absolute atomic E-state index is 14.7. The number of alkyl halides is 6. The van der Waals surface area contributed by atoms with Gasteiger partial charge >= 0.3 is 36.2 Å². The highest BCUT2D eigenvalue weighted by Crippen LogP contribution is 2.49. The van der Waals surface area contributed by atoms with Crippen LogP contribution in [0.15, 0.2) is 92.1 Å². The second-order valence-corrected chi connectivity index (χ2v) is 12.8. The first-order valence-corrected chi connectivity index (χ1v) is 18.9. The number of carbonyl (C=O) groups excluding carboxylic acids is 4. The van der Waals surface area contributed by atoms with E-state index in [1.807, 2.05) is 0 Å². The number of hydrogen-bond acceptors (Lipinski definition) is 10. The number of unbranched alkanes of at least 4 members (excludes halogenated alkanes) is 6. The summed E-state index contributed by atoms with van der Waals surface area (Å²) in [6.07, 6.45) is -0.339. The Bertz CT molecular complexity index is 2020. The van der Waals surface area contributed by atoms with E-state index in [1.54, 1.807) is 12.1 Å². The Balaban J connectivity index is 1.59. The minimum absolute atomic E-state index is 0.144. The number of esters is 4. The molecule has 3 aromatic carbocycles. The molecule has 0 saturated heterocycles. The predicted molar refractivity (Wildman–Crippen MR) is 209 cm³/mol. The second kappa shape index (κ2) is 24.6. The summed E-state index contributed by atoms with van der Waals surface area (Å²) in [6.45, 7) is 7.77. The van der Waals surface area contributed by atoms with Crippen LogP contribution in [0.2, 0.25) is 0 Å². The van der Waals surface area contributed by atoms with Crippen LogP contribution in [-0.2, 0) is 41.0 Å². The van der Waals surface area contributed by atoms with Crippen molar-refractivity contribution in [2.45, 2.75) is 63.7 Å². The lowest BCUT2D eigenvalue weighted by atomic mass is 10.0. The van der Waals surface area contributed by atoms with Crippen molar-refractivity contribution in [3.8, 4) is 23.0 Å². The molecule has 0 atom stereocenters. The SMILES string of the molecule is C=CC(=O)OCCCCCCOc1ccc(/C=C/C(=O)Oc2ccc(OC(=O)/C=C/c3ccc(OCCCCCCOC(=O)C=C)cc3F)c(C(F)(F)F)c2C(F)(F)F)cc1. The van der Waals surface area contributed by atoms with Crippen molar-refractivity contribution < 1.29 is 78.3 Å². The maximum atomic E-state index is 14.7. The fraction of sp³-hybridized carbons (Fsp3) is 0.318. The Morgan fingerprint density at radius 2 is 0.951 bits per heavy atom. The molecular weight excluding hydrogens is 821 g/mol. The monoisotopic (exact) mass is 864 g/mol. The minimum Gasteiger partial charge on any atom is -0.494 e. The van der Waals surface area contributed by atoms with Gasteiger partial charge in [-0.05, 0) is 105 Å². The van der Waals surface area contributed by atoms with E-state index >= 15 is 0 Å². The lowest BCUT2D eigenvalue weighted by molar-refractivity contribution is -0.164. The van der Waals surface area contributed by atoms with Crippen LogP contribution in [-0.4, -0.2) is 50.3 Å². The van der Waals surface area contributed by atoms with Crippen LogP contribution in [0, 0.1) is 5.82 Å². The maximum Gasteiger partial charge on any atom is 0.420 e. The summed E-state index contributed by atoms with van der Waals surface area (Å²) < 4.78 is 130. The van der Waals surface area contributed by atoms with Gasteiger partial charge in [0, 0.05) is 35.9 Å². The smallest absolute Gasteiger partial charge is 0.420 e. The first-order chi connectivity index (χ1) is 29.0. The number of hydrogen-bond donors (Lipinski definition) is 0. The minimum atomic E-state index is -5.75. The summed E-state index contributed by atoms with van der Waals surface area (Å²) in [5.74, 6) is -7.29. The van der Waals surface area contributed by atoms with Crippen LogP contribution in [0.4, 0.5) is 30.7 Å². The van der Waals surface area contributed by atoms with Crippen molar-refractivity contribution in [3.63, 3.8) is 0 Å². The van der Waals surface area contributed by atoms with Crippen molar-refractivity contribution in [1.29, 1.82) is 0 Å². The first-order valence-electron chi connectivity index (χ1n) is 18.9. The molecule has 0 spiro atoms. The lowest BCUT2D eigenvalue weighted by Crippen LogP contribution is -2.21. The standard InChI is InChI=1S/C44H43F7O10/c1-3-37(52)58-27-11-7-5-9-25-56-32-18-13-30(14-19-32)15-23-39(54)60-35-21-22-36(42(44(49,50)51)41(35)43(46,47)48)61-40(55)24-17-31-16-20-33(29-34(31)45)57-26-10-6-8-12-28-59-38(53)4-2/h3-4,13-24,29H,1-2,5-12,25-28H2/b23-15+,24-17+. The molecule has 10 nitrogen and oxygen atoms in total. The molecule has 3 aromatic rings. The Hall–Kier alpha value is -6.39. The van der Waals surface area contributed by atoms with E-state index in [9.17, 15) is 49.9 Å². The van der Waals surface area contributed by atoms with Gasteiger partial charge in [0.05, 0.1) is 26.4 Å². The molecular formula is C44H43F7O10. The summed E-state index contributed by atoms with van der Waals surface area (Å²) in [5.41, 5.74) is -4.67. The number of halogens is 7. The van der Waals surface area contributed by atoms with E-state index in [4.69, 9.17) is 23.7 Å². The molecule has 0 bridgehead atoms. The zero-order valence-electron chi connectivity index (χ0n) is 32.8.